The van der Waals surface area contributed by atoms with Crippen LogP contribution in [0.4, 0.5) is 8.78 Å². The Morgan fingerprint density at radius 2 is 2.06 bits per heavy atom. The van der Waals surface area contributed by atoms with E-state index in [1.807, 2.05) is 0 Å². The summed E-state index contributed by atoms with van der Waals surface area (Å²) in [5.41, 5.74) is 0.558. The van der Waals surface area contributed by atoms with E-state index in [9.17, 15) is 8.78 Å². The number of halogens is 3. The molecule has 1 N–H and O–H groups in total. The number of methoxy groups -OCH3 is 1. The molecule has 1 rings (SSSR count). The maximum absolute atomic E-state index is 13.9. The number of nitrogens with one attached hydrogen (secondary N) is 1. The molecule has 0 fully saturated rings. The van der Waals surface area contributed by atoms with Crippen molar-refractivity contribution >= 4 is 11.6 Å². The van der Waals surface area contributed by atoms with Gasteiger partial charge in [-0.2, -0.15) is 0 Å². The Morgan fingerprint density at radius 3 is 2.59 bits per heavy atom. The van der Waals surface area contributed by atoms with E-state index in [0.717, 1.165) is 5.56 Å². The molecule has 0 amide bonds. The van der Waals surface area contributed by atoms with Gasteiger partial charge >= 0.3 is 0 Å². The first kappa shape index (κ1) is 14.2. The highest BCUT2D eigenvalue weighted by Crippen LogP contribution is 2.40. The number of alkyl halides is 2. The average molecular weight is 264 g/mol. The van der Waals surface area contributed by atoms with Crippen LogP contribution in [0.2, 0.25) is 5.02 Å². The van der Waals surface area contributed by atoms with E-state index in [-0.39, 0.29) is 24.3 Å². The van der Waals surface area contributed by atoms with E-state index in [4.69, 9.17) is 16.3 Å². The minimum Gasteiger partial charge on any atom is -0.496 e. The summed E-state index contributed by atoms with van der Waals surface area (Å²) >= 11 is 5.88. The zero-order chi connectivity index (χ0) is 13.1. The van der Waals surface area contributed by atoms with Crippen LogP contribution < -0.4 is 10.1 Å². The molecule has 2 nitrogen and oxygen atoms in total. The first-order valence-electron chi connectivity index (χ1n) is 5.29. The van der Waals surface area contributed by atoms with Crippen LogP contribution in [-0.4, -0.2) is 20.7 Å². The van der Waals surface area contributed by atoms with Gasteiger partial charge in [0.1, 0.15) is 5.75 Å². The second-order valence-electron chi connectivity index (χ2n) is 3.86. The van der Waals surface area contributed by atoms with E-state index >= 15 is 0 Å². The third-order valence-electron chi connectivity index (χ3n) is 2.56. The summed E-state index contributed by atoms with van der Waals surface area (Å²) in [5, 5.41) is 3.03. The highest BCUT2D eigenvalue weighted by Gasteiger charge is 2.34. The average Bonchev–Trinajstić information content (AvgIpc) is 2.29. The Kier molecular flexibility index (Phi) is 4.71. The van der Waals surface area contributed by atoms with Crippen molar-refractivity contribution in [3.8, 4) is 5.75 Å². The van der Waals surface area contributed by atoms with Gasteiger partial charge in [-0.1, -0.05) is 11.6 Å². The fourth-order valence-electron chi connectivity index (χ4n) is 1.53. The SMILES string of the molecule is CNCCC(F)(F)c1cc(Cl)c(C)cc1OC. The van der Waals surface area contributed by atoms with Gasteiger partial charge in [0.05, 0.1) is 12.7 Å². The lowest BCUT2D eigenvalue weighted by Crippen LogP contribution is -2.21. The number of hydrogen-bond donors (Lipinski definition) is 1. The summed E-state index contributed by atoms with van der Waals surface area (Å²) in [4.78, 5) is 0. The summed E-state index contributed by atoms with van der Waals surface area (Å²) in [5.74, 6) is -2.78. The summed E-state index contributed by atoms with van der Waals surface area (Å²) in [6.07, 6.45) is -0.292. The molecule has 1 aromatic rings. The molecular formula is C12H16ClF2NO. The van der Waals surface area contributed by atoms with Crippen molar-refractivity contribution in [3.05, 3.63) is 28.3 Å². The van der Waals surface area contributed by atoms with Gasteiger partial charge in [0.25, 0.3) is 5.92 Å². The Bertz CT molecular complexity index is 396. The quantitative estimate of drug-likeness (QED) is 0.880. The third-order valence-corrected chi connectivity index (χ3v) is 2.97. The molecule has 0 saturated heterocycles. The zero-order valence-electron chi connectivity index (χ0n) is 10.1. The Balaban J connectivity index is 3.14. The standard InChI is InChI=1S/C12H16ClF2NO/c1-8-6-11(17-3)9(7-10(8)13)12(14,15)4-5-16-2/h6-7,16H,4-5H2,1-3H3. The molecule has 0 atom stereocenters. The lowest BCUT2D eigenvalue weighted by Gasteiger charge is -2.20. The van der Waals surface area contributed by atoms with E-state index in [1.54, 1.807) is 14.0 Å². The largest absolute Gasteiger partial charge is 0.496 e. The van der Waals surface area contributed by atoms with Crippen molar-refractivity contribution < 1.29 is 13.5 Å². The van der Waals surface area contributed by atoms with E-state index in [0.29, 0.717) is 5.02 Å². The lowest BCUT2D eigenvalue weighted by atomic mass is 10.0. The Morgan fingerprint density at radius 1 is 1.41 bits per heavy atom. The van der Waals surface area contributed by atoms with Crippen LogP contribution in [0.5, 0.6) is 5.75 Å². The van der Waals surface area contributed by atoms with Crippen molar-refractivity contribution in [3.63, 3.8) is 0 Å². The summed E-state index contributed by atoms with van der Waals surface area (Å²) in [6, 6.07) is 2.82. The predicted octanol–water partition coefficient (Wildman–Crippen LogP) is 3.36. The van der Waals surface area contributed by atoms with Crippen LogP contribution in [-0.2, 0) is 5.92 Å². The normalized spacial score (nSPS) is 11.6. The number of hydrogen-bond acceptors (Lipinski definition) is 2. The van der Waals surface area contributed by atoms with Crippen molar-refractivity contribution in [2.24, 2.45) is 0 Å². The first-order valence-corrected chi connectivity index (χ1v) is 5.67. The fourth-order valence-corrected chi connectivity index (χ4v) is 1.69. The predicted molar refractivity (Wildman–Crippen MR) is 65.2 cm³/mol. The number of rotatable bonds is 5. The van der Waals surface area contributed by atoms with Crippen LogP contribution in [0.3, 0.4) is 0 Å². The van der Waals surface area contributed by atoms with Crippen molar-refractivity contribution in [1.29, 1.82) is 0 Å². The molecule has 0 saturated carbocycles. The Labute approximate surface area is 105 Å². The topological polar surface area (TPSA) is 21.3 Å². The minimum atomic E-state index is -2.95. The molecule has 0 aromatic heterocycles. The second-order valence-corrected chi connectivity index (χ2v) is 4.27. The second kappa shape index (κ2) is 5.65. The van der Waals surface area contributed by atoms with Gasteiger partial charge in [-0.05, 0) is 31.7 Å². The van der Waals surface area contributed by atoms with Crippen molar-refractivity contribution in [1.82, 2.24) is 5.32 Å². The molecule has 0 heterocycles. The molecule has 0 radical (unpaired) electrons. The van der Waals surface area contributed by atoms with Crippen LogP contribution in [0.15, 0.2) is 12.1 Å². The van der Waals surface area contributed by atoms with Gasteiger partial charge in [-0.3, -0.25) is 0 Å². The van der Waals surface area contributed by atoms with E-state index in [2.05, 4.69) is 5.32 Å². The number of ether oxygens (including phenoxy) is 1. The molecule has 1 aromatic carbocycles. The monoisotopic (exact) mass is 263 g/mol. The lowest BCUT2D eigenvalue weighted by molar-refractivity contribution is -0.0144. The molecule has 0 spiro atoms. The van der Waals surface area contributed by atoms with Gasteiger partial charge in [0.15, 0.2) is 0 Å². The van der Waals surface area contributed by atoms with Crippen molar-refractivity contribution in [2.75, 3.05) is 20.7 Å². The highest BCUT2D eigenvalue weighted by molar-refractivity contribution is 6.31. The van der Waals surface area contributed by atoms with Crippen LogP contribution in [0.25, 0.3) is 0 Å². The van der Waals surface area contributed by atoms with Crippen LogP contribution in [0, 0.1) is 6.92 Å². The van der Waals surface area contributed by atoms with Gasteiger partial charge in [0.2, 0.25) is 0 Å². The molecule has 0 aliphatic heterocycles. The molecule has 17 heavy (non-hydrogen) atoms. The molecule has 0 aliphatic carbocycles. The smallest absolute Gasteiger partial charge is 0.278 e. The highest BCUT2D eigenvalue weighted by atomic mass is 35.5. The first-order chi connectivity index (χ1) is 7.92. The van der Waals surface area contributed by atoms with Gasteiger partial charge in [0, 0.05) is 18.0 Å². The van der Waals surface area contributed by atoms with Crippen LogP contribution >= 0.6 is 11.6 Å². The maximum atomic E-state index is 13.9. The van der Waals surface area contributed by atoms with Gasteiger partial charge < -0.3 is 10.1 Å². The summed E-state index contributed by atoms with van der Waals surface area (Å²) in [6.45, 7) is 1.97. The third kappa shape index (κ3) is 3.30. The minimum absolute atomic E-state index is 0.161. The summed E-state index contributed by atoms with van der Waals surface area (Å²) in [7, 11) is 3.01. The summed E-state index contributed by atoms with van der Waals surface area (Å²) < 4.78 is 32.8. The van der Waals surface area contributed by atoms with E-state index < -0.39 is 5.92 Å². The van der Waals surface area contributed by atoms with Gasteiger partial charge in [-0.15, -0.1) is 0 Å². The molecule has 0 bridgehead atoms. The number of benzene rings is 1. The zero-order valence-corrected chi connectivity index (χ0v) is 10.9. The fraction of sp³-hybridized carbons (Fsp3) is 0.500. The molecule has 5 heteroatoms. The molecule has 0 unspecified atom stereocenters. The van der Waals surface area contributed by atoms with E-state index in [1.165, 1.54) is 19.2 Å². The molecular weight excluding hydrogens is 248 g/mol. The van der Waals surface area contributed by atoms with Crippen molar-refractivity contribution in [2.45, 2.75) is 19.3 Å². The Hall–Kier alpha value is -0.870. The molecule has 0 aliphatic rings. The van der Waals surface area contributed by atoms with Crippen LogP contribution in [0.1, 0.15) is 17.5 Å². The molecule has 96 valence electrons. The van der Waals surface area contributed by atoms with Gasteiger partial charge in [-0.25, -0.2) is 8.78 Å². The number of aryl methyl sites for hydroxylation is 1. The maximum Gasteiger partial charge on any atom is 0.278 e.